The van der Waals surface area contributed by atoms with Crippen molar-refractivity contribution in [3.8, 4) is 11.1 Å². The molecule has 33 heteroatoms. The Morgan fingerprint density at radius 1 is 0.482 bits per heavy atom. The van der Waals surface area contributed by atoms with Crippen LogP contribution in [0, 0.1) is 11.8 Å². The summed E-state index contributed by atoms with van der Waals surface area (Å²) in [6, 6.07) is 0.884. The molecule has 0 aliphatic rings. The Balaban J connectivity index is 2.46. The minimum atomic E-state index is -4.49. The Bertz CT molecular complexity index is 2810. The van der Waals surface area contributed by atoms with Gasteiger partial charge in [0.25, 0.3) is 0 Å². The Morgan fingerprint density at radius 2 is 0.847 bits per heavy atom. The molecule has 1 unspecified atom stereocenters. The highest BCUT2D eigenvalue weighted by Gasteiger charge is 2.36. The van der Waals surface area contributed by atoms with Crippen LogP contribution in [-0.2, 0) is 62.8 Å². The van der Waals surface area contributed by atoms with Crippen LogP contribution in [0.5, 0.6) is 0 Å². The number of primary amides is 1. The van der Waals surface area contributed by atoms with Crippen molar-refractivity contribution in [2.24, 2.45) is 50.5 Å². The monoisotopic (exact) mass is 1220 g/mol. The summed E-state index contributed by atoms with van der Waals surface area (Å²) in [5, 5.41) is 48.3. The van der Waals surface area contributed by atoms with Crippen molar-refractivity contribution in [1.82, 2.24) is 47.3 Å². The molecule has 0 aromatic heterocycles. The average Bonchev–Trinajstić information content (AvgIpc) is 3.01. The molecule has 2 rings (SSSR count). The molecule has 2 aromatic carbocycles. The van der Waals surface area contributed by atoms with Gasteiger partial charge in [-0.3, -0.25) is 62.7 Å². The number of nitrogens with zero attached hydrogens (tertiary/aromatic N) is 2. The third-order valence-corrected chi connectivity index (χ3v) is 13.6. The van der Waals surface area contributed by atoms with Crippen molar-refractivity contribution in [1.29, 1.82) is 0 Å². The van der Waals surface area contributed by atoms with Crippen LogP contribution in [0.15, 0.2) is 69.5 Å². The van der Waals surface area contributed by atoms with Gasteiger partial charge in [-0.2, -0.15) is 0 Å². The molecule has 9 amide bonds. The average molecular weight is 1220 g/mol. The van der Waals surface area contributed by atoms with Crippen LogP contribution < -0.4 is 75.9 Å². The molecule has 2 aromatic rings. The first-order valence-corrected chi connectivity index (χ1v) is 28.3. The number of aliphatic carboxylic acids is 2. The Hall–Kier alpha value is -8.98. The summed E-state index contributed by atoms with van der Waals surface area (Å²) in [6.45, 7) is 5.72. The van der Waals surface area contributed by atoms with Gasteiger partial charge < -0.3 is 86.5 Å². The Kier molecular flexibility index (Phi) is 30.5. The van der Waals surface area contributed by atoms with Crippen molar-refractivity contribution >= 4 is 87.0 Å². The van der Waals surface area contributed by atoms with Gasteiger partial charge in [0.2, 0.25) is 63.2 Å². The molecule has 8 atom stereocenters. The number of carboxylic acid groups (broad SMARTS) is 2. The lowest BCUT2D eigenvalue weighted by atomic mass is 10.0. The fourth-order valence-electron chi connectivity index (χ4n) is 8.02. The molecule has 0 saturated carbocycles. The second kappa shape index (κ2) is 35.9. The van der Waals surface area contributed by atoms with E-state index in [1.54, 1.807) is 58.0 Å². The molecule has 0 bridgehead atoms. The number of amides is 9. The standard InChI is InChI=1S/C52H80N16O16S/c1-27(2)21-35(45(77)62-33(43(53)75)13-9-19-58-51(54)55)64-50(82)40(26-69)68-48(80)38(24-42(73)74)65-46(78)36(22-28(3)4)63-47(79)37(23-41(71)72)66-49(81)39(67-44(76)34(61-29(5)70)14-10-20-59-52(56)57)25-60-85(83,84)32-17-15-31(16-18-32)30-11-7-6-8-12-30/h6-8,11-12,15-18,27-28,33-40,60,69H,9-10,13-14,19-26H2,1-5H3,(H2,53,75)(H,61,70)(H,62,77)(H,63,79)(H,64,82)(H,65,78)(H,66,81)(H,67,76)(H,68,80)(H,71,72)(H,73,74)(H4,54,55,58)(H4,56,57,59)/t33-,34-,35-,36-,37-,38-,39?,40-/m0/s1. The molecular formula is C52H80N16O16S. The van der Waals surface area contributed by atoms with E-state index in [9.17, 15) is 76.5 Å². The van der Waals surface area contributed by atoms with Crippen molar-refractivity contribution in [2.75, 3.05) is 26.2 Å². The minimum absolute atomic E-state index is 0.00483. The highest BCUT2D eigenvalue weighted by atomic mass is 32.2. The van der Waals surface area contributed by atoms with Gasteiger partial charge in [0.05, 0.1) is 24.3 Å². The van der Waals surface area contributed by atoms with Gasteiger partial charge in [-0.15, -0.1) is 0 Å². The molecule has 0 fully saturated rings. The highest BCUT2D eigenvalue weighted by molar-refractivity contribution is 7.89. The molecule has 22 N–H and O–H groups in total. The normalized spacial score (nSPS) is 14.0. The van der Waals surface area contributed by atoms with E-state index in [2.05, 4.69) is 57.2 Å². The number of aliphatic hydroxyl groups excluding tert-OH is 1. The molecule has 0 aliphatic heterocycles. The van der Waals surface area contributed by atoms with E-state index in [4.69, 9.17) is 28.7 Å². The van der Waals surface area contributed by atoms with E-state index in [-0.39, 0.29) is 74.3 Å². The lowest BCUT2D eigenvalue weighted by Gasteiger charge is -2.28. The maximum absolute atomic E-state index is 14.2. The summed E-state index contributed by atoms with van der Waals surface area (Å²) >= 11 is 0. The van der Waals surface area contributed by atoms with Gasteiger partial charge in [-0.25, -0.2) is 13.1 Å². The number of sulfonamides is 1. The van der Waals surface area contributed by atoms with Crippen LogP contribution in [0.25, 0.3) is 11.1 Å². The summed E-state index contributed by atoms with van der Waals surface area (Å²) in [5.41, 5.74) is 28.4. The second-order valence-corrected chi connectivity index (χ2v) is 22.1. The SMILES string of the molecule is CC(=O)N[C@@H](CCCN=C(N)N)C(=O)NC(CNS(=O)(=O)c1ccc(-c2ccccc2)cc1)C(=O)N[C@@H](CC(=O)O)C(=O)N[C@@H](CC(C)C)C(=O)N[C@@H](CC(=O)O)C(=O)N[C@@H](CO)C(=O)N[C@@H](CC(C)C)C(=O)N[C@@H](CCCN=C(N)N)C(N)=O. The maximum atomic E-state index is 14.2. The third-order valence-electron chi connectivity index (χ3n) is 12.1. The van der Waals surface area contributed by atoms with E-state index in [0.717, 1.165) is 12.5 Å². The van der Waals surface area contributed by atoms with Gasteiger partial charge >= 0.3 is 11.9 Å². The lowest BCUT2D eigenvalue weighted by molar-refractivity contribution is -0.142. The fourth-order valence-corrected chi connectivity index (χ4v) is 9.07. The predicted molar refractivity (Wildman–Crippen MR) is 308 cm³/mol. The van der Waals surface area contributed by atoms with E-state index < -0.39 is 155 Å². The number of aliphatic hydroxyl groups is 1. The zero-order valence-corrected chi connectivity index (χ0v) is 48.6. The third kappa shape index (κ3) is 27.3. The summed E-state index contributed by atoms with van der Waals surface area (Å²) in [6.07, 6.45) is -2.42. The number of nitrogens with two attached hydrogens (primary N) is 5. The van der Waals surface area contributed by atoms with Crippen molar-refractivity contribution in [2.45, 2.75) is 139 Å². The van der Waals surface area contributed by atoms with Gasteiger partial charge in [0.1, 0.15) is 48.3 Å². The van der Waals surface area contributed by atoms with Crippen LogP contribution in [0.4, 0.5) is 0 Å². The van der Waals surface area contributed by atoms with Crippen molar-refractivity contribution < 1.29 is 76.5 Å². The zero-order chi connectivity index (χ0) is 64.1. The molecule has 85 heavy (non-hydrogen) atoms. The molecule has 0 radical (unpaired) electrons. The summed E-state index contributed by atoms with van der Waals surface area (Å²) in [7, 11) is -4.49. The number of carboxylic acids is 2. The van der Waals surface area contributed by atoms with Crippen molar-refractivity contribution in [3.05, 3.63) is 54.6 Å². The topological polar surface area (TPSA) is 546 Å². The second-order valence-electron chi connectivity index (χ2n) is 20.4. The number of carbonyl (C=O) groups excluding carboxylic acids is 9. The molecule has 32 nitrogen and oxygen atoms in total. The van der Waals surface area contributed by atoms with Crippen LogP contribution in [-0.4, -0.2) is 175 Å². The smallest absolute Gasteiger partial charge is 0.305 e. The van der Waals surface area contributed by atoms with Crippen LogP contribution in [0.2, 0.25) is 0 Å². The molecule has 0 aliphatic carbocycles. The first-order chi connectivity index (χ1) is 39.8. The van der Waals surface area contributed by atoms with Crippen molar-refractivity contribution in [3.63, 3.8) is 0 Å². The summed E-state index contributed by atoms with van der Waals surface area (Å²) in [4.78, 5) is 153. The number of carbonyl (C=O) groups is 11. The van der Waals surface area contributed by atoms with E-state index >= 15 is 0 Å². The van der Waals surface area contributed by atoms with E-state index in [1.807, 2.05) is 0 Å². The molecule has 470 valence electrons. The maximum Gasteiger partial charge on any atom is 0.305 e. The molecule has 0 saturated heterocycles. The zero-order valence-electron chi connectivity index (χ0n) is 47.8. The lowest BCUT2D eigenvalue weighted by Crippen LogP contribution is -2.62. The predicted octanol–water partition coefficient (Wildman–Crippen LogP) is -4.84. The Morgan fingerprint density at radius 3 is 1.26 bits per heavy atom. The van der Waals surface area contributed by atoms with Gasteiger partial charge in [0, 0.05) is 26.6 Å². The van der Waals surface area contributed by atoms with E-state index in [1.165, 1.54) is 24.3 Å². The van der Waals surface area contributed by atoms with E-state index in [0.29, 0.717) is 5.56 Å². The molecule has 0 heterocycles. The highest BCUT2D eigenvalue weighted by Crippen LogP contribution is 2.21. The number of aliphatic imine (C=N–C) groups is 2. The summed E-state index contributed by atoms with van der Waals surface area (Å²) in [5.74, 6) is -14.5. The van der Waals surface area contributed by atoms with Crippen LogP contribution in [0.1, 0.15) is 86.0 Å². The fraction of sp³-hybridized carbons (Fsp3) is 0.519. The Labute approximate surface area is 490 Å². The molecular weight excluding hydrogens is 1140 g/mol. The number of rotatable bonds is 38. The first-order valence-electron chi connectivity index (χ1n) is 26.8. The molecule has 0 spiro atoms. The van der Waals surface area contributed by atoms with Gasteiger partial charge in [0.15, 0.2) is 11.9 Å². The largest absolute Gasteiger partial charge is 0.481 e. The number of hydrogen-bond acceptors (Lipinski definition) is 16. The van der Waals surface area contributed by atoms with Crippen LogP contribution in [0.3, 0.4) is 0 Å². The minimum Gasteiger partial charge on any atom is -0.481 e. The van der Waals surface area contributed by atoms with Crippen LogP contribution >= 0.6 is 0 Å². The number of benzene rings is 2. The van der Waals surface area contributed by atoms with Gasteiger partial charge in [-0.1, -0.05) is 70.2 Å². The quantitative estimate of drug-likeness (QED) is 0.0170. The first kappa shape index (κ1) is 72.1. The number of nitrogens with one attached hydrogen (secondary N) is 9. The number of guanidine groups is 2. The summed E-state index contributed by atoms with van der Waals surface area (Å²) < 4.78 is 29.6. The van der Waals surface area contributed by atoms with Gasteiger partial charge in [-0.05, 0) is 73.6 Å². The number of hydrogen-bond donors (Lipinski definition) is 17.